The van der Waals surface area contributed by atoms with Crippen molar-refractivity contribution in [2.24, 2.45) is 0 Å². The summed E-state index contributed by atoms with van der Waals surface area (Å²) in [4.78, 5) is 14.5. The highest BCUT2D eigenvalue weighted by molar-refractivity contribution is 8.00. The van der Waals surface area contributed by atoms with Gasteiger partial charge in [0.2, 0.25) is 5.91 Å². The van der Waals surface area contributed by atoms with Crippen LogP contribution in [0.25, 0.3) is 0 Å². The number of carbonyl (C=O) groups is 1. The van der Waals surface area contributed by atoms with Crippen molar-refractivity contribution in [3.8, 4) is 0 Å². The first-order valence-corrected chi connectivity index (χ1v) is 8.46. The molecule has 2 aromatic carbocycles. The first-order valence-electron chi connectivity index (χ1n) is 7.10. The number of rotatable bonds is 6. The molecule has 0 spiro atoms. The van der Waals surface area contributed by atoms with Crippen molar-refractivity contribution in [2.75, 3.05) is 12.3 Å². The molecule has 0 aromatic heterocycles. The van der Waals surface area contributed by atoms with Crippen molar-refractivity contribution < 1.29 is 13.6 Å². The van der Waals surface area contributed by atoms with E-state index >= 15 is 0 Å². The van der Waals surface area contributed by atoms with E-state index in [0.717, 1.165) is 17.7 Å². The van der Waals surface area contributed by atoms with Crippen LogP contribution in [0.1, 0.15) is 12.5 Å². The van der Waals surface area contributed by atoms with Gasteiger partial charge in [0.1, 0.15) is 0 Å². The molecule has 0 bridgehead atoms. The van der Waals surface area contributed by atoms with Crippen LogP contribution in [0.4, 0.5) is 8.78 Å². The van der Waals surface area contributed by atoms with E-state index in [4.69, 9.17) is 11.6 Å². The zero-order chi connectivity index (χ0) is 16.8. The largest absolute Gasteiger partial charge is 0.338 e. The van der Waals surface area contributed by atoms with E-state index in [1.54, 1.807) is 11.0 Å². The highest BCUT2D eigenvalue weighted by atomic mass is 35.5. The summed E-state index contributed by atoms with van der Waals surface area (Å²) in [5.41, 5.74) is 0.877. The molecule has 0 fully saturated rings. The zero-order valence-corrected chi connectivity index (χ0v) is 14.1. The van der Waals surface area contributed by atoms with Gasteiger partial charge in [0, 0.05) is 23.0 Å². The third-order valence-corrected chi connectivity index (χ3v) is 4.65. The Morgan fingerprint density at radius 2 is 1.91 bits per heavy atom. The molecule has 0 radical (unpaired) electrons. The lowest BCUT2D eigenvalue weighted by Gasteiger charge is -2.21. The Kier molecular flexibility index (Phi) is 6.42. The fraction of sp³-hybridized carbons (Fsp3) is 0.235. The molecular formula is C17H16ClF2NOS. The minimum atomic E-state index is -0.911. The molecule has 122 valence electrons. The lowest BCUT2D eigenvalue weighted by atomic mass is 10.2. The average Bonchev–Trinajstić information content (AvgIpc) is 2.55. The molecule has 0 unspecified atom stereocenters. The lowest BCUT2D eigenvalue weighted by Crippen LogP contribution is -2.31. The van der Waals surface area contributed by atoms with Crippen LogP contribution >= 0.6 is 23.4 Å². The Labute approximate surface area is 143 Å². The highest BCUT2D eigenvalue weighted by Crippen LogP contribution is 2.22. The number of hydrogen-bond acceptors (Lipinski definition) is 2. The second-order valence-electron chi connectivity index (χ2n) is 4.86. The maximum Gasteiger partial charge on any atom is 0.233 e. The van der Waals surface area contributed by atoms with Gasteiger partial charge in [-0.25, -0.2) is 8.78 Å². The van der Waals surface area contributed by atoms with Crippen LogP contribution in [0, 0.1) is 11.6 Å². The van der Waals surface area contributed by atoms with E-state index in [2.05, 4.69) is 0 Å². The molecular weight excluding hydrogens is 340 g/mol. The molecule has 23 heavy (non-hydrogen) atoms. The Hall–Kier alpha value is -1.59. The predicted molar refractivity (Wildman–Crippen MR) is 89.6 cm³/mol. The van der Waals surface area contributed by atoms with Crippen molar-refractivity contribution in [3.05, 3.63) is 64.7 Å². The Bertz CT molecular complexity index is 696. The van der Waals surface area contributed by atoms with Crippen LogP contribution in [0.2, 0.25) is 5.02 Å². The SMILES string of the molecule is CCN(Cc1ccccc1Cl)C(=O)CSc1ccc(F)c(F)c1. The maximum atomic E-state index is 13.2. The van der Waals surface area contributed by atoms with Gasteiger partial charge in [0.05, 0.1) is 5.75 Å². The standard InChI is InChI=1S/C17H16ClF2NOS/c1-2-21(10-12-5-3-4-6-14(12)18)17(22)11-23-13-7-8-15(19)16(20)9-13/h3-9H,2,10-11H2,1H3. The smallest absolute Gasteiger partial charge is 0.233 e. The van der Waals surface area contributed by atoms with Crippen molar-refractivity contribution >= 4 is 29.3 Å². The minimum Gasteiger partial charge on any atom is -0.338 e. The molecule has 0 N–H and O–H groups in total. The van der Waals surface area contributed by atoms with Gasteiger partial charge < -0.3 is 4.90 Å². The van der Waals surface area contributed by atoms with E-state index in [0.29, 0.717) is 23.0 Å². The van der Waals surface area contributed by atoms with Crippen molar-refractivity contribution in [1.82, 2.24) is 4.90 Å². The van der Waals surface area contributed by atoms with E-state index < -0.39 is 11.6 Å². The normalized spacial score (nSPS) is 10.6. The topological polar surface area (TPSA) is 20.3 Å². The summed E-state index contributed by atoms with van der Waals surface area (Å²) in [6, 6.07) is 11.0. The van der Waals surface area contributed by atoms with E-state index in [-0.39, 0.29) is 11.7 Å². The highest BCUT2D eigenvalue weighted by Gasteiger charge is 2.14. The van der Waals surface area contributed by atoms with E-state index in [9.17, 15) is 13.6 Å². The number of thioether (sulfide) groups is 1. The van der Waals surface area contributed by atoms with Gasteiger partial charge >= 0.3 is 0 Å². The average molecular weight is 356 g/mol. The monoisotopic (exact) mass is 355 g/mol. The summed E-state index contributed by atoms with van der Waals surface area (Å²) in [7, 11) is 0. The van der Waals surface area contributed by atoms with Gasteiger partial charge in [-0.1, -0.05) is 29.8 Å². The summed E-state index contributed by atoms with van der Waals surface area (Å²) < 4.78 is 26.1. The molecule has 0 saturated carbocycles. The fourth-order valence-electron chi connectivity index (χ4n) is 2.01. The maximum absolute atomic E-state index is 13.2. The Balaban J connectivity index is 1.97. The van der Waals surface area contributed by atoms with E-state index in [1.807, 2.05) is 25.1 Å². The number of carbonyl (C=O) groups excluding carboxylic acids is 1. The van der Waals surface area contributed by atoms with Crippen LogP contribution < -0.4 is 0 Å². The number of nitrogens with zero attached hydrogens (tertiary/aromatic N) is 1. The second-order valence-corrected chi connectivity index (χ2v) is 6.32. The van der Waals surface area contributed by atoms with Gasteiger partial charge in [-0.05, 0) is 36.8 Å². The molecule has 1 amide bonds. The Morgan fingerprint density at radius 3 is 2.57 bits per heavy atom. The molecule has 2 rings (SSSR count). The molecule has 0 aliphatic heterocycles. The van der Waals surface area contributed by atoms with Crippen molar-refractivity contribution in [1.29, 1.82) is 0 Å². The molecule has 2 aromatic rings. The number of benzene rings is 2. The summed E-state index contributed by atoms with van der Waals surface area (Å²) in [5, 5.41) is 0.618. The fourth-order valence-corrected chi connectivity index (χ4v) is 3.03. The third kappa shape index (κ3) is 4.94. The molecule has 0 heterocycles. The van der Waals surface area contributed by atoms with Crippen LogP contribution in [-0.2, 0) is 11.3 Å². The first kappa shape index (κ1) is 17.8. The quantitative estimate of drug-likeness (QED) is 0.696. The van der Waals surface area contributed by atoms with E-state index in [1.165, 1.54) is 17.8 Å². The summed E-state index contributed by atoms with van der Waals surface area (Å²) in [6.07, 6.45) is 0. The van der Waals surface area contributed by atoms with Gasteiger partial charge in [-0.3, -0.25) is 4.79 Å². The Morgan fingerprint density at radius 1 is 1.17 bits per heavy atom. The third-order valence-electron chi connectivity index (χ3n) is 3.31. The summed E-state index contributed by atoms with van der Waals surface area (Å²) in [6.45, 7) is 2.85. The van der Waals surface area contributed by atoms with Crippen LogP contribution in [0.15, 0.2) is 47.4 Å². The van der Waals surface area contributed by atoms with Gasteiger partial charge in [0.25, 0.3) is 0 Å². The van der Waals surface area contributed by atoms with Crippen LogP contribution in [0.5, 0.6) is 0 Å². The molecule has 0 aliphatic carbocycles. The second kappa shape index (κ2) is 8.31. The molecule has 0 atom stereocenters. The predicted octanol–water partition coefficient (Wildman–Crippen LogP) is 4.76. The first-order chi connectivity index (χ1) is 11.0. The lowest BCUT2D eigenvalue weighted by molar-refractivity contribution is -0.128. The molecule has 0 aliphatic rings. The number of amides is 1. The molecule has 0 saturated heterocycles. The summed E-state index contributed by atoms with van der Waals surface area (Å²) in [5.74, 6) is -1.73. The van der Waals surface area contributed by atoms with Crippen LogP contribution in [-0.4, -0.2) is 23.1 Å². The molecule has 6 heteroatoms. The van der Waals surface area contributed by atoms with Crippen molar-refractivity contribution in [3.63, 3.8) is 0 Å². The zero-order valence-electron chi connectivity index (χ0n) is 12.6. The minimum absolute atomic E-state index is 0.0813. The van der Waals surface area contributed by atoms with Crippen molar-refractivity contribution in [2.45, 2.75) is 18.4 Å². The molecule has 2 nitrogen and oxygen atoms in total. The summed E-state index contributed by atoms with van der Waals surface area (Å²) >= 11 is 7.29. The number of hydrogen-bond donors (Lipinski definition) is 0. The number of halogens is 3. The van der Waals surface area contributed by atoms with Gasteiger partial charge in [0.15, 0.2) is 11.6 Å². The van der Waals surface area contributed by atoms with Crippen LogP contribution in [0.3, 0.4) is 0 Å². The van der Waals surface area contributed by atoms with Gasteiger partial charge in [-0.15, -0.1) is 11.8 Å². The van der Waals surface area contributed by atoms with Gasteiger partial charge in [-0.2, -0.15) is 0 Å².